The van der Waals surface area contributed by atoms with Gasteiger partial charge in [-0.1, -0.05) is 30.3 Å². The smallest absolute Gasteiger partial charge is 0.397 e. The Bertz CT molecular complexity index is 930. The van der Waals surface area contributed by atoms with Gasteiger partial charge in [0.1, 0.15) is 11.4 Å². The van der Waals surface area contributed by atoms with Gasteiger partial charge in [-0.25, -0.2) is 4.68 Å². The molecule has 3 rings (SSSR count). The van der Waals surface area contributed by atoms with E-state index in [2.05, 4.69) is 10.1 Å². The van der Waals surface area contributed by atoms with Gasteiger partial charge in [-0.3, -0.25) is 9.69 Å². The number of rotatable bonds is 3. The molecule has 0 aliphatic heterocycles. The van der Waals surface area contributed by atoms with Crippen LogP contribution < -0.4 is 21.9 Å². The molecule has 0 saturated carbocycles. The van der Waals surface area contributed by atoms with Crippen LogP contribution in [0.5, 0.6) is 0 Å². The molecule has 0 radical (unpaired) electrons. The molecule has 0 unspecified atom stereocenters. The van der Waals surface area contributed by atoms with Crippen LogP contribution in [0.3, 0.4) is 0 Å². The summed E-state index contributed by atoms with van der Waals surface area (Å²) in [6.45, 7) is 1.87. The van der Waals surface area contributed by atoms with Crippen LogP contribution in [0.25, 0.3) is 10.7 Å². The maximum absolute atomic E-state index is 12.8. The fourth-order valence-electron chi connectivity index (χ4n) is 2.51. The van der Waals surface area contributed by atoms with E-state index >= 15 is 0 Å². The number of diazo groups is 1. The normalized spacial score (nSPS) is 9.80. The van der Waals surface area contributed by atoms with Crippen molar-refractivity contribution in [2.24, 2.45) is 0 Å². The summed E-state index contributed by atoms with van der Waals surface area (Å²) in [5, 5.41) is 13.6. The molecular formula is C18H16BrN5O. The Balaban J connectivity index is 0.00000225. The van der Waals surface area contributed by atoms with E-state index < -0.39 is 0 Å². The van der Waals surface area contributed by atoms with E-state index in [-0.39, 0.29) is 28.6 Å². The average Bonchev–Trinajstić information content (AvgIpc) is 3.03. The van der Waals surface area contributed by atoms with Gasteiger partial charge >= 0.3 is 5.69 Å². The third kappa shape index (κ3) is 3.59. The highest BCUT2D eigenvalue weighted by atomic mass is 79.9. The van der Waals surface area contributed by atoms with Crippen molar-refractivity contribution in [3.63, 3.8) is 0 Å². The Morgan fingerprint density at radius 2 is 1.76 bits per heavy atom. The van der Waals surface area contributed by atoms with Gasteiger partial charge in [0.05, 0.1) is 11.4 Å². The summed E-state index contributed by atoms with van der Waals surface area (Å²) >= 11 is 0. The van der Waals surface area contributed by atoms with Crippen molar-refractivity contribution in [2.75, 3.05) is 11.9 Å². The van der Waals surface area contributed by atoms with Crippen LogP contribution in [0.15, 0.2) is 60.7 Å². The average molecular weight is 398 g/mol. The molecule has 1 aromatic heterocycles. The largest absolute Gasteiger partial charge is 1.00 e. The minimum Gasteiger partial charge on any atom is -1.00 e. The molecule has 0 N–H and O–H groups in total. The number of aromatic nitrogens is 2. The molecule has 0 atom stereocenters. The van der Waals surface area contributed by atoms with Gasteiger partial charge in [-0.15, -0.1) is 0 Å². The van der Waals surface area contributed by atoms with Crippen LogP contribution in [-0.4, -0.2) is 22.7 Å². The lowest BCUT2D eigenvalue weighted by atomic mass is 10.1. The molecule has 0 saturated heterocycles. The zero-order chi connectivity index (χ0) is 17.1. The van der Waals surface area contributed by atoms with Crippen molar-refractivity contribution in [3.8, 4) is 5.69 Å². The number of amides is 1. The lowest BCUT2D eigenvalue weighted by Gasteiger charge is -2.18. The molecule has 1 amide bonds. The molecule has 7 heteroatoms. The Morgan fingerprint density at radius 1 is 1.12 bits per heavy atom. The molecule has 126 valence electrons. The van der Waals surface area contributed by atoms with Crippen LogP contribution in [0, 0.1) is 12.3 Å². The van der Waals surface area contributed by atoms with Gasteiger partial charge in [-0.05, 0) is 25.1 Å². The fourth-order valence-corrected chi connectivity index (χ4v) is 2.51. The number of benzene rings is 2. The van der Waals surface area contributed by atoms with Crippen LogP contribution in [0.4, 0.5) is 11.5 Å². The van der Waals surface area contributed by atoms with Crippen LogP contribution in [0.1, 0.15) is 16.1 Å². The van der Waals surface area contributed by atoms with Gasteiger partial charge in [0.25, 0.3) is 5.91 Å². The second-order valence-electron chi connectivity index (χ2n) is 5.37. The van der Waals surface area contributed by atoms with Crippen LogP contribution >= 0.6 is 0 Å². The summed E-state index contributed by atoms with van der Waals surface area (Å²) < 4.78 is 1.71. The zero-order valence-electron chi connectivity index (χ0n) is 13.8. The Morgan fingerprint density at radius 3 is 2.44 bits per heavy atom. The van der Waals surface area contributed by atoms with E-state index in [1.807, 2.05) is 43.3 Å². The highest BCUT2D eigenvalue weighted by Gasteiger charge is 2.25. The monoisotopic (exact) mass is 397 g/mol. The summed E-state index contributed by atoms with van der Waals surface area (Å²) in [4.78, 5) is 17.5. The SMILES string of the molecule is Cc1cc(N(C)C(=O)c2ccccc2[N+]#N)n(-c2ccccc2)n1.[Br-]. The number of halogens is 1. The van der Waals surface area contributed by atoms with Crippen molar-refractivity contribution in [2.45, 2.75) is 6.92 Å². The molecule has 0 fully saturated rings. The first kappa shape index (κ1) is 18.4. The number of aryl methyl sites for hydroxylation is 1. The van der Waals surface area contributed by atoms with E-state index in [1.54, 1.807) is 36.0 Å². The van der Waals surface area contributed by atoms with Gasteiger partial charge in [0, 0.05) is 19.2 Å². The third-order valence-corrected chi connectivity index (χ3v) is 3.70. The second-order valence-corrected chi connectivity index (χ2v) is 5.37. The van der Waals surface area contributed by atoms with E-state index in [0.717, 1.165) is 11.4 Å². The maximum Gasteiger partial charge on any atom is 0.397 e. The van der Waals surface area contributed by atoms with E-state index in [9.17, 15) is 4.79 Å². The first-order valence-corrected chi connectivity index (χ1v) is 7.46. The van der Waals surface area contributed by atoms with Crippen LogP contribution in [0.2, 0.25) is 0 Å². The van der Waals surface area contributed by atoms with Gasteiger partial charge < -0.3 is 17.0 Å². The maximum atomic E-state index is 12.8. The molecule has 25 heavy (non-hydrogen) atoms. The minimum absolute atomic E-state index is 0. The molecule has 3 aromatic rings. The number of hydrogen-bond acceptors (Lipinski definition) is 3. The second kappa shape index (κ2) is 7.73. The van der Waals surface area contributed by atoms with Crippen LogP contribution in [-0.2, 0) is 0 Å². The number of carbonyl (C=O) groups is 1. The minimum atomic E-state index is -0.277. The number of para-hydroxylation sites is 1. The number of hydrogen-bond donors (Lipinski definition) is 0. The first-order valence-electron chi connectivity index (χ1n) is 7.46. The summed E-state index contributed by atoms with van der Waals surface area (Å²) in [7, 11) is 1.67. The molecule has 0 aliphatic rings. The fraction of sp³-hybridized carbons (Fsp3) is 0.111. The number of nitrogens with zero attached hydrogens (tertiary/aromatic N) is 5. The number of anilines is 1. The Kier molecular flexibility index (Phi) is 5.67. The summed E-state index contributed by atoms with van der Waals surface area (Å²) in [6, 6.07) is 18.1. The highest BCUT2D eigenvalue weighted by Crippen LogP contribution is 2.25. The summed E-state index contributed by atoms with van der Waals surface area (Å²) in [5.41, 5.74) is 2.21. The predicted molar refractivity (Wildman–Crippen MR) is 92.2 cm³/mol. The van der Waals surface area contributed by atoms with Gasteiger partial charge in [0.2, 0.25) is 5.39 Å². The predicted octanol–water partition coefficient (Wildman–Crippen LogP) is 0.946. The van der Waals surface area contributed by atoms with Crippen molar-refractivity contribution in [1.29, 1.82) is 5.39 Å². The van der Waals surface area contributed by atoms with Crippen molar-refractivity contribution in [1.82, 2.24) is 9.78 Å². The molecule has 6 nitrogen and oxygen atoms in total. The topological polar surface area (TPSA) is 66.3 Å². The summed E-state index contributed by atoms with van der Waals surface area (Å²) in [6.07, 6.45) is 0. The highest BCUT2D eigenvalue weighted by molar-refractivity contribution is 6.09. The first-order chi connectivity index (χ1) is 11.6. The van der Waals surface area contributed by atoms with Gasteiger partial charge in [0.15, 0.2) is 4.98 Å². The molecule has 0 spiro atoms. The standard InChI is InChI=1S/C18H16N5O.BrH/c1-13-12-17(23(21-13)14-8-4-3-5-9-14)22(2)18(24)15-10-6-7-11-16(15)20-19;/h3-12H,1-2H3;1H/q+1;/p-1. The quantitative estimate of drug-likeness (QED) is 0.617. The molecule has 1 heterocycles. The van der Waals surface area contributed by atoms with Crippen molar-refractivity contribution >= 4 is 17.4 Å². The summed E-state index contributed by atoms with van der Waals surface area (Å²) in [5.74, 6) is 0.358. The third-order valence-electron chi connectivity index (χ3n) is 3.70. The molecular weight excluding hydrogens is 382 g/mol. The van der Waals surface area contributed by atoms with Crippen molar-refractivity contribution in [3.05, 3.63) is 76.9 Å². The van der Waals surface area contributed by atoms with E-state index in [0.29, 0.717) is 11.4 Å². The number of carbonyl (C=O) groups excluding carboxylic acids is 1. The Hall–Kier alpha value is -2.98. The molecule has 0 aliphatic carbocycles. The van der Waals surface area contributed by atoms with Crippen molar-refractivity contribution < 1.29 is 21.8 Å². The molecule has 2 aromatic carbocycles. The zero-order valence-corrected chi connectivity index (χ0v) is 15.4. The lowest BCUT2D eigenvalue weighted by molar-refractivity contribution is -0.0000128. The van der Waals surface area contributed by atoms with E-state index in [4.69, 9.17) is 5.39 Å². The lowest BCUT2D eigenvalue weighted by Crippen LogP contribution is -3.00. The Labute approximate surface area is 156 Å². The molecule has 0 bridgehead atoms. The van der Waals surface area contributed by atoms with E-state index in [1.165, 1.54) is 4.90 Å². The van der Waals surface area contributed by atoms with Gasteiger partial charge in [-0.2, -0.15) is 5.10 Å².